The third-order valence-electron chi connectivity index (χ3n) is 3.73. The fourth-order valence-corrected chi connectivity index (χ4v) is 4.92. The molecule has 1 aliphatic rings. The Hall–Kier alpha value is -0.860. The molecule has 1 atom stereocenters. The smallest absolute Gasteiger partial charge is 0.249 e. The van der Waals surface area contributed by atoms with Crippen molar-refractivity contribution in [2.24, 2.45) is 5.92 Å². The summed E-state index contributed by atoms with van der Waals surface area (Å²) in [6, 6.07) is 0.353. The van der Waals surface area contributed by atoms with Gasteiger partial charge in [0.05, 0.1) is 0 Å². The minimum absolute atomic E-state index is 0.105. The normalized spacial score (nSPS) is 20.3. The number of anilines is 2. The van der Waals surface area contributed by atoms with Gasteiger partial charge in [0.15, 0.2) is 10.7 Å². The van der Waals surface area contributed by atoms with Crippen molar-refractivity contribution in [3.63, 3.8) is 0 Å². The third kappa shape index (κ3) is 2.51. The Labute approximate surface area is 124 Å². The van der Waals surface area contributed by atoms with Crippen LogP contribution in [0.2, 0.25) is 0 Å². The summed E-state index contributed by atoms with van der Waals surface area (Å²) in [7, 11) is -0.539. The molecule has 0 aromatic carbocycles. The Morgan fingerprint density at radius 1 is 1.45 bits per heavy atom. The summed E-state index contributed by atoms with van der Waals surface area (Å²) >= 11 is 1.18. The molecule has 1 fully saturated rings. The van der Waals surface area contributed by atoms with Crippen LogP contribution in [0.15, 0.2) is 4.90 Å². The maximum Gasteiger partial charge on any atom is 0.249 e. The van der Waals surface area contributed by atoms with Crippen LogP contribution in [0.5, 0.6) is 0 Å². The van der Waals surface area contributed by atoms with Crippen molar-refractivity contribution in [1.82, 2.24) is 8.68 Å². The molecule has 1 aromatic rings. The first-order valence-corrected chi connectivity index (χ1v) is 8.92. The highest BCUT2D eigenvalue weighted by Crippen LogP contribution is 2.40. The molecular formula is C12H22N4O2S2. The zero-order chi connectivity index (χ0) is 15.1. The molecular weight excluding hydrogens is 296 g/mol. The number of nitrogen functional groups attached to an aromatic ring is 1. The van der Waals surface area contributed by atoms with Gasteiger partial charge in [-0.25, -0.2) is 12.7 Å². The monoisotopic (exact) mass is 318 g/mol. The van der Waals surface area contributed by atoms with Crippen molar-refractivity contribution < 1.29 is 8.42 Å². The molecule has 1 unspecified atom stereocenters. The Bertz CT molecular complexity index is 580. The van der Waals surface area contributed by atoms with Crippen LogP contribution >= 0.6 is 11.5 Å². The molecule has 0 aliphatic carbocycles. The summed E-state index contributed by atoms with van der Waals surface area (Å²) in [6.07, 6.45) is 2.15. The van der Waals surface area contributed by atoms with Gasteiger partial charge in [0.2, 0.25) is 10.0 Å². The van der Waals surface area contributed by atoms with Gasteiger partial charge in [0.1, 0.15) is 5.00 Å². The number of hydrogen-bond acceptors (Lipinski definition) is 6. The van der Waals surface area contributed by atoms with E-state index in [2.05, 4.69) is 23.1 Å². The second-order valence-corrected chi connectivity index (χ2v) is 8.48. The van der Waals surface area contributed by atoms with Crippen LogP contribution in [-0.4, -0.2) is 43.8 Å². The molecule has 20 heavy (non-hydrogen) atoms. The van der Waals surface area contributed by atoms with Gasteiger partial charge < -0.3 is 10.6 Å². The zero-order valence-corrected chi connectivity index (χ0v) is 14.0. The van der Waals surface area contributed by atoms with Gasteiger partial charge in [0.25, 0.3) is 0 Å². The number of aromatic nitrogens is 1. The van der Waals surface area contributed by atoms with Crippen LogP contribution in [0, 0.1) is 5.92 Å². The molecule has 114 valence electrons. The molecule has 0 saturated carbocycles. The average molecular weight is 318 g/mol. The fourth-order valence-electron chi connectivity index (χ4n) is 2.63. The predicted octanol–water partition coefficient (Wildman–Crippen LogP) is 1.60. The van der Waals surface area contributed by atoms with Gasteiger partial charge >= 0.3 is 0 Å². The summed E-state index contributed by atoms with van der Waals surface area (Å²) in [5.74, 6) is 0.573. The molecule has 0 radical (unpaired) electrons. The Morgan fingerprint density at radius 3 is 2.65 bits per heavy atom. The standard InChI is InChI=1S/C12H22N4O2S2/c1-8(2)9-6-5-7-16(9)12-10(11(13)14-19-12)20(17,18)15(3)4/h8-9H,5-7H2,1-4H3,(H2,13,14). The number of sulfonamides is 1. The Morgan fingerprint density at radius 2 is 2.10 bits per heavy atom. The van der Waals surface area contributed by atoms with Crippen molar-refractivity contribution in [3.8, 4) is 0 Å². The fraction of sp³-hybridized carbons (Fsp3) is 0.750. The van der Waals surface area contributed by atoms with E-state index < -0.39 is 10.0 Å². The molecule has 2 heterocycles. The van der Waals surface area contributed by atoms with E-state index in [1.807, 2.05) is 0 Å². The lowest BCUT2D eigenvalue weighted by Crippen LogP contribution is -2.34. The maximum atomic E-state index is 12.5. The van der Waals surface area contributed by atoms with Gasteiger partial charge in [0, 0.05) is 26.7 Å². The molecule has 2 N–H and O–H groups in total. The molecule has 0 amide bonds. The number of nitrogens with two attached hydrogens (primary N) is 1. The summed E-state index contributed by atoms with van der Waals surface area (Å²) in [4.78, 5) is 2.33. The molecule has 1 aromatic heterocycles. The third-order valence-corrected chi connectivity index (χ3v) is 6.63. The van der Waals surface area contributed by atoms with Crippen molar-refractivity contribution >= 4 is 32.4 Å². The van der Waals surface area contributed by atoms with E-state index in [9.17, 15) is 8.42 Å². The average Bonchev–Trinajstić information content (AvgIpc) is 2.94. The minimum atomic E-state index is -3.57. The molecule has 6 nitrogen and oxygen atoms in total. The van der Waals surface area contributed by atoms with Gasteiger partial charge in [-0.05, 0) is 30.3 Å². The van der Waals surface area contributed by atoms with Crippen LogP contribution in [0.4, 0.5) is 10.8 Å². The van der Waals surface area contributed by atoms with Crippen LogP contribution in [0.3, 0.4) is 0 Å². The highest BCUT2D eigenvalue weighted by molar-refractivity contribution is 7.89. The quantitative estimate of drug-likeness (QED) is 0.912. The molecule has 1 aliphatic heterocycles. The van der Waals surface area contributed by atoms with Crippen LogP contribution < -0.4 is 10.6 Å². The predicted molar refractivity (Wildman–Crippen MR) is 82.6 cm³/mol. The zero-order valence-electron chi connectivity index (χ0n) is 12.3. The van der Waals surface area contributed by atoms with E-state index in [1.165, 1.54) is 29.9 Å². The summed E-state index contributed by atoms with van der Waals surface area (Å²) < 4.78 is 30.2. The lowest BCUT2D eigenvalue weighted by Gasteiger charge is -2.29. The molecule has 8 heteroatoms. The molecule has 2 rings (SSSR count). The van der Waals surface area contributed by atoms with Gasteiger partial charge in [-0.3, -0.25) is 0 Å². The highest BCUT2D eigenvalue weighted by atomic mass is 32.2. The second kappa shape index (κ2) is 5.50. The van der Waals surface area contributed by atoms with E-state index >= 15 is 0 Å². The van der Waals surface area contributed by atoms with Crippen molar-refractivity contribution in [1.29, 1.82) is 0 Å². The molecule has 0 bridgehead atoms. The topological polar surface area (TPSA) is 79.5 Å². The van der Waals surface area contributed by atoms with E-state index in [-0.39, 0.29) is 10.7 Å². The number of nitrogens with zero attached hydrogens (tertiary/aromatic N) is 3. The van der Waals surface area contributed by atoms with E-state index in [0.29, 0.717) is 17.0 Å². The van der Waals surface area contributed by atoms with Crippen LogP contribution in [-0.2, 0) is 10.0 Å². The van der Waals surface area contributed by atoms with Gasteiger partial charge in [-0.15, -0.1) is 0 Å². The van der Waals surface area contributed by atoms with Gasteiger partial charge in [-0.1, -0.05) is 13.8 Å². The Balaban J connectivity index is 2.50. The molecule has 1 saturated heterocycles. The van der Waals surface area contributed by atoms with Crippen LogP contribution in [0.25, 0.3) is 0 Å². The van der Waals surface area contributed by atoms with Crippen molar-refractivity contribution in [3.05, 3.63) is 0 Å². The SMILES string of the molecule is CC(C)C1CCCN1c1snc(N)c1S(=O)(=O)N(C)C. The maximum absolute atomic E-state index is 12.5. The summed E-state index contributed by atoms with van der Waals surface area (Å²) in [6.45, 7) is 5.18. The first-order valence-electron chi connectivity index (χ1n) is 6.71. The first-order chi connectivity index (χ1) is 9.26. The highest BCUT2D eigenvalue weighted by Gasteiger charge is 2.35. The van der Waals surface area contributed by atoms with Crippen molar-refractivity contribution in [2.45, 2.75) is 37.6 Å². The number of hydrogen-bond donors (Lipinski definition) is 1. The largest absolute Gasteiger partial charge is 0.382 e. The summed E-state index contributed by atoms with van der Waals surface area (Å²) in [5, 5.41) is 0.687. The first kappa shape index (κ1) is 15.5. The summed E-state index contributed by atoms with van der Waals surface area (Å²) in [5.41, 5.74) is 5.82. The van der Waals surface area contributed by atoms with Crippen molar-refractivity contribution in [2.75, 3.05) is 31.3 Å². The second-order valence-electron chi connectivity index (χ2n) is 5.64. The lowest BCUT2D eigenvalue weighted by molar-refractivity contribution is 0.490. The molecule has 0 spiro atoms. The van der Waals surface area contributed by atoms with E-state index in [0.717, 1.165) is 19.4 Å². The van der Waals surface area contributed by atoms with Crippen LogP contribution in [0.1, 0.15) is 26.7 Å². The van der Waals surface area contributed by atoms with E-state index in [4.69, 9.17) is 5.73 Å². The lowest BCUT2D eigenvalue weighted by atomic mass is 10.0. The van der Waals surface area contributed by atoms with Gasteiger partial charge in [-0.2, -0.15) is 4.37 Å². The minimum Gasteiger partial charge on any atom is -0.382 e. The van der Waals surface area contributed by atoms with E-state index in [1.54, 1.807) is 0 Å². The number of rotatable bonds is 4. The Kier molecular flexibility index (Phi) is 4.27.